The van der Waals surface area contributed by atoms with E-state index in [1.54, 1.807) is 30.3 Å². The number of thioether (sulfide) groups is 1. The molecule has 0 spiro atoms. The third-order valence-electron chi connectivity index (χ3n) is 4.68. The molecule has 168 valence electrons. The van der Waals surface area contributed by atoms with Crippen molar-refractivity contribution < 1.29 is 9.59 Å². The fourth-order valence-electron chi connectivity index (χ4n) is 2.98. The fourth-order valence-corrected chi connectivity index (χ4v) is 4.21. The molecule has 0 aliphatic heterocycles. The maximum absolute atomic E-state index is 12.5. The Morgan fingerprint density at radius 2 is 1.78 bits per heavy atom. The van der Waals surface area contributed by atoms with E-state index >= 15 is 0 Å². The van der Waals surface area contributed by atoms with Gasteiger partial charge in [-0.3, -0.25) is 9.59 Å². The van der Waals surface area contributed by atoms with Crippen LogP contribution in [0.25, 0.3) is 0 Å². The van der Waals surface area contributed by atoms with E-state index < -0.39 is 0 Å². The van der Waals surface area contributed by atoms with Gasteiger partial charge >= 0.3 is 0 Å². The number of hydrogen-bond donors (Lipinski definition) is 2. The largest absolute Gasteiger partial charge is 0.326 e. The molecule has 0 radical (unpaired) electrons. The van der Waals surface area contributed by atoms with Crippen LogP contribution < -0.4 is 10.6 Å². The van der Waals surface area contributed by atoms with Crippen LogP contribution in [0, 0.1) is 13.8 Å². The van der Waals surface area contributed by atoms with Gasteiger partial charge in [-0.15, -0.1) is 10.2 Å². The molecule has 0 fully saturated rings. The van der Waals surface area contributed by atoms with Gasteiger partial charge in [0.2, 0.25) is 11.8 Å². The fraction of sp³-hybridized carbons (Fsp3) is 0.273. The van der Waals surface area contributed by atoms with Gasteiger partial charge in [0.25, 0.3) is 0 Å². The zero-order valence-corrected chi connectivity index (χ0v) is 20.2. The van der Waals surface area contributed by atoms with Crippen LogP contribution in [0.2, 0.25) is 10.0 Å². The van der Waals surface area contributed by atoms with Gasteiger partial charge in [0.1, 0.15) is 5.82 Å². The monoisotopic (exact) mass is 491 g/mol. The van der Waals surface area contributed by atoms with E-state index in [-0.39, 0.29) is 24.0 Å². The van der Waals surface area contributed by atoms with Crippen molar-refractivity contribution in [1.82, 2.24) is 14.8 Å². The van der Waals surface area contributed by atoms with Gasteiger partial charge < -0.3 is 15.2 Å². The first kappa shape index (κ1) is 24.1. The molecule has 1 aromatic heterocycles. The van der Waals surface area contributed by atoms with Crippen LogP contribution in [0.3, 0.4) is 0 Å². The molecule has 0 bridgehead atoms. The number of aromatic nitrogens is 3. The van der Waals surface area contributed by atoms with Crippen molar-refractivity contribution >= 4 is 58.2 Å². The third kappa shape index (κ3) is 6.25. The van der Waals surface area contributed by atoms with E-state index in [1.165, 1.54) is 11.8 Å². The van der Waals surface area contributed by atoms with Crippen LogP contribution in [0.5, 0.6) is 0 Å². The number of nitrogens with one attached hydrogen (secondary N) is 2. The van der Waals surface area contributed by atoms with E-state index in [9.17, 15) is 9.59 Å². The quantitative estimate of drug-likeness (QED) is 0.426. The molecule has 2 aromatic carbocycles. The number of anilines is 2. The minimum atomic E-state index is -0.223. The summed E-state index contributed by atoms with van der Waals surface area (Å²) in [6, 6.07) is 10.6. The van der Waals surface area contributed by atoms with Crippen LogP contribution >= 0.6 is 35.0 Å². The lowest BCUT2D eigenvalue weighted by Crippen LogP contribution is -2.18. The van der Waals surface area contributed by atoms with Crippen molar-refractivity contribution in [1.29, 1.82) is 0 Å². The van der Waals surface area contributed by atoms with Crippen molar-refractivity contribution in [3.63, 3.8) is 0 Å². The van der Waals surface area contributed by atoms with E-state index in [0.29, 0.717) is 38.9 Å². The van der Waals surface area contributed by atoms with E-state index in [0.717, 1.165) is 11.1 Å². The summed E-state index contributed by atoms with van der Waals surface area (Å²) in [5.74, 6) is 0.301. The second-order valence-corrected chi connectivity index (χ2v) is 8.91. The molecule has 0 aliphatic carbocycles. The van der Waals surface area contributed by atoms with Gasteiger partial charge in [-0.1, -0.05) is 41.0 Å². The summed E-state index contributed by atoms with van der Waals surface area (Å²) in [4.78, 5) is 24.8. The summed E-state index contributed by atoms with van der Waals surface area (Å²) < 4.78 is 1.83. The summed E-state index contributed by atoms with van der Waals surface area (Å²) in [6.07, 6.45) is 0.0586. The molecule has 10 heteroatoms. The van der Waals surface area contributed by atoms with Gasteiger partial charge in [0, 0.05) is 28.0 Å². The maximum atomic E-state index is 12.5. The normalized spacial score (nSPS) is 10.8. The van der Waals surface area contributed by atoms with Crippen LogP contribution in [0.4, 0.5) is 11.4 Å². The maximum Gasteiger partial charge on any atom is 0.234 e. The Hall–Kier alpha value is -2.55. The van der Waals surface area contributed by atoms with E-state index in [4.69, 9.17) is 23.2 Å². The Morgan fingerprint density at radius 1 is 1.00 bits per heavy atom. The van der Waals surface area contributed by atoms with Crippen LogP contribution in [0.1, 0.15) is 23.9 Å². The van der Waals surface area contributed by atoms with Crippen LogP contribution in [0.15, 0.2) is 41.6 Å². The van der Waals surface area contributed by atoms with Crippen molar-refractivity contribution in [2.75, 3.05) is 16.4 Å². The van der Waals surface area contributed by atoms with Crippen LogP contribution in [-0.4, -0.2) is 32.3 Å². The van der Waals surface area contributed by atoms with Crippen molar-refractivity contribution in [2.45, 2.75) is 38.9 Å². The Morgan fingerprint density at radius 3 is 2.47 bits per heavy atom. The molecule has 0 aliphatic rings. The number of carbonyl (C=O) groups is 2. The summed E-state index contributed by atoms with van der Waals surface area (Å²) in [7, 11) is 0. The number of amides is 2. The van der Waals surface area contributed by atoms with E-state index in [2.05, 4.69) is 20.8 Å². The first-order valence-electron chi connectivity index (χ1n) is 9.93. The summed E-state index contributed by atoms with van der Waals surface area (Å²) in [5.41, 5.74) is 3.16. The molecule has 7 nitrogen and oxygen atoms in total. The van der Waals surface area contributed by atoms with Crippen molar-refractivity contribution in [3.05, 3.63) is 63.4 Å². The highest BCUT2D eigenvalue weighted by molar-refractivity contribution is 7.99. The highest BCUT2D eigenvalue weighted by atomic mass is 35.5. The van der Waals surface area contributed by atoms with Gasteiger partial charge in [-0.05, 0) is 62.2 Å². The lowest BCUT2D eigenvalue weighted by Gasteiger charge is -2.10. The molecule has 32 heavy (non-hydrogen) atoms. The Bertz CT molecular complexity index is 1150. The number of rotatable bonds is 8. The second-order valence-electron chi connectivity index (χ2n) is 7.13. The molecule has 2 amide bonds. The average molecular weight is 492 g/mol. The predicted octanol–water partition coefficient (Wildman–Crippen LogP) is 5.13. The minimum Gasteiger partial charge on any atom is -0.326 e. The first-order valence-corrected chi connectivity index (χ1v) is 11.7. The lowest BCUT2D eigenvalue weighted by molar-refractivity contribution is -0.116. The highest BCUT2D eigenvalue weighted by Gasteiger charge is 2.16. The molecule has 1 heterocycles. The SMILES string of the molecule is CCn1c(CC(=O)Nc2ccc(C)c(Cl)c2)nnc1SCC(=O)Nc1ccc(Cl)cc1C. The molecule has 2 N–H and O–H groups in total. The molecule has 0 saturated carbocycles. The molecule has 0 saturated heterocycles. The highest BCUT2D eigenvalue weighted by Crippen LogP contribution is 2.22. The number of carbonyl (C=O) groups excluding carboxylic acids is 2. The second kappa shape index (κ2) is 10.8. The zero-order chi connectivity index (χ0) is 23.3. The number of nitrogens with zero attached hydrogens (tertiary/aromatic N) is 3. The standard InChI is InChI=1S/C22H23Cl2N5O2S/c1-4-29-19(11-20(30)25-16-7-5-13(2)17(24)10-16)27-28-22(29)32-12-21(31)26-18-8-6-15(23)9-14(18)3/h5-10H,4,11-12H2,1-3H3,(H,25,30)(H,26,31). The van der Waals surface area contributed by atoms with Crippen molar-refractivity contribution in [2.24, 2.45) is 0 Å². The summed E-state index contributed by atoms with van der Waals surface area (Å²) >= 11 is 13.3. The topological polar surface area (TPSA) is 88.9 Å². The number of hydrogen-bond acceptors (Lipinski definition) is 5. The minimum absolute atomic E-state index is 0.0586. The number of halogens is 2. The van der Waals surface area contributed by atoms with Gasteiger partial charge in [0.15, 0.2) is 5.16 Å². The van der Waals surface area contributed by atoms with Crippen molar-refractivity contribution in [3.8, 4) is 0 Å². The predicted molar refractivity (Wildman–Crippen MR) is 130 cm³/mol. The average Bonchev–Trinajstić information content (AvgIpc) is 3.12. The Balaban J connectivity index is 1.59. The Kier molecular flexibility index (Phi) is 8.17. The number of aryl methyl sites for hydroxylation is 2. The van der Waals surface area contributed by atoms with Gasteiger partial charge in [-0.2, -0.15) is 0 Å². The third-order valence-corrected chi connectivity index (χ3v) is 6.29. The lowest BCUT2D eigenvalue weighted by atomic mass is 10.2. The number of benzene rings is 2. The van der Waals surface area contributed by atoms with Gasteiger partial charge in [0.05, 0.1) is 12.2 Å². The summed E-state index contributed by atoms with van der Waals surface area (Å²) in [6.45, 7) is 6.29. The molecular formula is C22H23Cl2N5O2S. The van der Waals surface area contributed by atoms with E-state index in [1.807, 2.05) is 31.4 Å². The Labute approximate surface area is 200 Å². The zero-order valence-electron chi connectivity index (χ0n) is 17.9. The smallest absolute Gasteiger partial charge is 0.234 e. The molecule has 3 aromatic rings. The van der Waals surface area contributed by atoms with Gasteiger partial charge in [-0.25, -0.2) is 0 Å². The molecule has 0 unspecified atom stereocenters. The molecule has 0 atom stereocenters. The summed E-state index contributed by atoms with van der Waals surface area (Å²) in [5, 5.41) is 15.8. The molecule has 3 rings (SSSR count). The molecular weight excluding hydrogens is 469 g/mol. The van der Waals surface area contributed by atoms with Crippen LogP contribution in [-0.2, 0) is 22.6 Å². The first-order chi connectivity index (χ1) is 15.3.